The summed E-state index contributed by atoms with van der Waals surface area (Å²) in [5.41, 5.74) is 2.13. The fourth-order valence-corrected chi connectivity index (χ4v) is 4.42. The number of aromatic amines is 1. The van der Waals surface area contributed by atoms with Crippen molar-refractivity contribution < 1.29 is 9.53 Å². The number of nitrogens with zero attached hydrogens (tertiary/aromatic N) is 5. The maximum atomic E-state index is 12.9. The molecular weight excluding hydrogens is 444 g/mol. The van der Waals surface area contributed by atoms with Gasteiger partial charge in [-0.25, -0.2) is 9.67 Å². The molecule has 0 saturated carbocycles. The number of amides is 1. The molecule has 9 nitrogen and oxygen atoms in total. The van der Waals surface area contributed by atoms with E-state index in [1.807, 2.05) is 60.4 Å². The highest BCUT2D eigenvalue weighted by Crippen LogP contribution is 2.29. The second-order valence-electron chi connectivity index (χ2n) is 8.41. The molecule has 1 amide bonds. The van der Waals surface area contributed by atoms with E-state index in [2.05, 4.69) is 26.0 Å². The highest BCUT2D eigenvalue weighted by molar-refractivity contribution is 5.77. The van der Waals surface area contributed by atoms with Gasteiger partial charge in [-0.05, 0) is 31.2 Å². The summed E-state index contributed by atoms with van der Waals surface area (Å²) in [5, 5.41) is 4.75. The maximum Gasteiger partial charge on any atom is 0.262 e. The average molecular weight is 473 g/mol. The van der Waals surface area contributed by atoms with Gasteiger partial charge in [0.2, 0.25) is 5.91 Å². The van der Waals surface area contributed by atoms with Crippen LogP contribution in [-0.4, -0.2) is 63.3 Å². The Balaban J connectivity index is 1.23. The minimum Gasteiger partial charge on any atom is -0.492 e. The molecule has 5 rings (SSSR count). The van der Waals surface area contributed by atoms with Crippen molar-refractivity contribution in [1.29, 1.82) is 0 Å². The number of H-pyrrole nitrogens is 1. The number of nitrogens with one attached hydrogen (secondary N) is 1. The number of hydrogen-bond acceptors (Lipinski definition) is 6. The minimum atomic E-state index is -0.249. The Labute approximate surface area is 203 Å². The van der Waals surface area contributed by atoms with Gasteiger partial charge in [0.1, 0.15) is 17.0 Å². The quantitative estimate of drug-likeness (QED) is 0.444. The first kappa shape index (κ1) is 22.6. The van der Waals surface area contributed by atoms with Gasteiger partial charge in [-0.15, -0.1) is 0 Å². The second kappa shape index (κ2) is 10.0. The lowest BCUT2D eigenvalue weighted by Crippen LogP contribution is -2.49. The number of ether oxygens (including phenoxy) is 1. The minimum absolute atomic E-state index is 0.0575. The maximum absolute atomic E-state index is 12.9. The van der Waals surface area contributed by atoms with E-state index in [0.29, 0.717) is 43.0 Å². The average Bonchev–Trinajstić information content (AvgIpc) is 3.33. The summed E-state index contributed by atoms with van der Waals surface area (Å²) >= 11 is 0. The third-order valence-corrected chi connectivity index (χ3v) is 6.20. The van der Waals surface area contributed by atoms with Gasteiger partial charge >= 0.3 is 0 Å². The van der Waals surface area contributed by atoms with Crippen molar-refractivity contribution in [3.8, 4) is 11.4 Å². The molecule has 2 aromatic carbocycles. The Morgan fingerprint density at radius 2 is 1.77 bits per heavy atom. The van der Waals surface area contributed by atoms with Crippen molar-refractivity contribution in [3.05, 3.63) is 77.0 Å². The van der Waals surface area contributed by atoms with Crippen molar-refractivity contribution in [3.63, 3.8) is 0 Å². The normalized spacial score (nSPS) is 13.9. The van der Waals surface area contributed by atoms with Crippen LogP contribution in [-0.2, 0) is 11.2 Å². The van der Waals surface area contributed by atoms with Crippen molar-refractivity contribution in [2.75, 3.05) is 37.7 Å². The number of anilines is 1. The predicted molar refractivity (Wildman–Crippen MR) is 134 cm³/mol. The van der Waals surface area contributed by atoms with Gasteiger partial charge < -0.3 is 19.5 Å². The Bertz CT molecular complexity index is 1370. The summed E-state index contributed by atoms with van der Waals surface area (Å²) in [6, 6.07) is 17.6. The number of carbonyl (C=O) groups excluding carboxylic acids is 1. The van der Waals surface area contributed by atoms with Gasteiger partial charge in [0, 0.05) is 39.0 Å². The molecule has 1 aliphatic heterocycles. The Morgan fingerprint density at radius 1 is 1.03 bits per heavy atom. The zero-order valence-corrected chi connectivity index (χ0v) is 19.7. The number of benzene rings is 2. The lowest BCUT2D eigenvalue weighted by Gasteiger charge is -2.36. The number of para-hydroxylation sites is 3. The van der Waals surface area contributed by atoms with Gasteiger partial charge in [0.25, 0.3) is 5.56 Å². The van der Waals surface area contributed by atoms with Crippen molar-refractivity contribution >= 4 is 22.6 Å². The van der Waals surface area contributed by atoms with Crippen LogP contribution in [0.5, 0.6) is 5.75 Å². The van der Waals surface area contributed by atoms with Crippen LogP contribution in [0, 0.1) is 0 Å². The molecule has 0 unspecified atom stereocenters. The highest BCUT2D eigenvalue weighted by atomic mass is 16.5. The van der Waals surface area contributed by atoms with Crippen LogP contribution in [0.2, 0.25) is 0 Å². The molecule has 0 spiro atoms. The smallest absolute Gasteiger partial charge is 0.262 e. The molecule has 0 radical (unpaired) electrons. The third kappa shape index (κ3) is 4.75. The number of fused-ring (bicyclic) bond motifs is 1. The molecule has 0 bridgehead atoms. The molecule has 9 heteroatoms. The van der Waals surface area contributed by atoms with Crippen molar-refractivity contribution in [2.45, 2.75) is 19.8 Å². The summed E-state index contributed by atoms with van der Waals surface area (Å²) < 4.78 is 7.41. The number of rotatable bonds is 7. The third-order valence-electron chi connectivity index (χ3n) is 6.20. The number of piperazine rings is 1. The molecule has 0 atom stereocenters. The van der Waals surface area contributed by atoms with Crippen LogP contribution >= 0.6 is 0 Å². The van der Waals surface area contributed by atoms with Crippen LogP contribution in [0.15, 0.2) is 65.6 Å². The topological polar surface area (TPSA) is 96.3 Å². The number of aromatic nitrogens is 4. The molecule has 2 aromatic heterocycles. The highest BCUT2D eigenvalue weighted by Gasteiger charge is 2.23. The molecule has 1 fully saturated rings. The number of carbonyl (C=O) groups is 1. The van der Waals surface area contributed by atoms with Gasteiger partial charge in [0.05, 0.1) is 24.2 Å². The van der Waals surface area contributed by atoms with Crippen LogP contribution in [0.25, 0.3) is 16.7 Å². The van der Waals surface area contributed by atoms with Gasteiger partial charge in [-0.1, -0.05) is 30.3 Å². The largest absolute Gasteiger partial charge is 0.492 e. The number of aryl methyl sites for hydroxylation is 1. The first-order chi connectivity index (χ1) is 17.1. The molecule has 1 N–H and O–H groups in total. The van der Waals surface area contributed by atoms with Crippen LogP contribution in [0.3, 0.4) is 0 Å². The predicted octanol–water partition coefficient (Wildman–Crippen LogP) is 2.79. The van der Waals surface area contributed by atoms with E-state index in [1.54, 1.807) is 4.68 Å². The second-order valence-corrected chi connectivity index (χ2v) is 8.41. The molecule has 180 valence electrons. The zero-order chi connectivity index (χ0) is 24.2. The summed E-state index contributed by atoms with van der Waals surface area (Å²) in [7, 11) is 0. The summed E-state index contributed by atoms with van der Waals surface area (Å²) in [4.78, 5) is 37.1. The molecule has 0 aliphatic carbocycles. The molecule has 1 saturated heterocycles. The van der Waals surface area contributed by atoms with Gasteiger partial charge in [-0.2, -0.15) is 5.10 Å². The summed E-state index contributed by atoms with van der Waals surface area (Å²) in [5.74, 6) is 1.41. The SMILES string of the molecule is CCOc1ccccc1N1CCN(C(=O)CCc2nc3c(cnn3-c3ccccc3)c(=O)[nH]2)CC1. The lowest BCUT2D eigenvalue weighted by molar-refractivity contribution is -0.131. The molecule has 35 heavy (non-hydrogen) atoms. The van der Waals surface area contributed by atoms with E-state index in [1.165, 1.54) is 6.20 Å². The Kier molecular flexibility index (Phi) is 6.47. The molecular formula is C26H28N6O3. The van der Waals surface area contributed by atoms with Crippen molar-refractivity contribution in [2.24, 2.45) is 0 Å². The van der Waals surface area contributed by atoms with Crippen LogP contribution in [0.4, 0.5) is 5.69 Å². The fourth-order valence-electron chi connectivity index (χ4n) is 4.42. The van der Waals surface area contributed by atoms with E-state index < -0.39 is 0 Å². The van der Waals surface area contributed by atoms with Gasteiger partial charge in [-0.3, -0.25) is 9.59 Å². The fraction of sp³-hybridized carbons (Fsp3) is 0.308. The van der Waals surface area contributed by atoms with E-state index in [4.69, 9.17) is 4.74 Å². The first-order valence-corrected chi connectivity index (χ1v) is 11.9. The van der Waals surface area contributed by atoms with Gasteiger partial charge in [0.15, 0.2) is 5.65 Å². The molecule has 3 heterocycles. The Morgan fingerprint density at radius 3 is 2.54 bits per heavy atom. The number of hydrogen-bond donors (Lipinski definition) is 1. The van der Waals surface area contributed by atoms with E-state index >= 15 is 0 Å². The standard InChI is InChI=1S/C26H28N6O3/c1-2-35-22-11-7-6-10-21(22)30-14-16-31(17-15-30)24(33)13-12-23-28-25-20(26(34)29-23)18-27-32(25)19-8-4-3-5-9-19/h3-11,18H,2,12-17H2,1H3,(H,28,29,34). The van der Waals surface area contributed by atoms with Crippen molar-refractivity contribution in [1.82, 2.24) is 24.6 Å². The molecule has 1 aliphatic rings. The van der Waals surface area contributed by atoms with E-state index in [0.717, 1.165) is 30.2 Å². The van der Waals surface area contributed by atoms with E-state index in [9.17, 15) is 9.59 Å². The lowest BCUT2D eigenvalue weighted by atomic mass is 10.2. The van der Waals surface area contributed by atoms with E-state index in [-0.39, 0.29) is 17.9 Å². The summed E-state index contributed by atoms with van der Waals surface area (Å²) in [6.07, 6.45) is 2.16. The van der Waals surface area contributed by atoms with Crippen LogP contribution < -0.4 is 15.2 Å². The first-order valence-electron chi connectivity index (χ1n) is 11.9. The monoisotopic (exact) mass is 472 g/mol. The van der Waals surface area contributed by atoms with Crippen LogP contribution in [0.1, 0.15) is 19.2 Å². The summed E-state index contributed by atoms with van der Waals surface area (Å²) in [6.45, 7) is 5.36. The Hall–Kier alpha value is -4.14. The zero-order valence-electron chi connectivity index (χ0n) is 19.7. The molecule has 4 aromatic rings.